The molecule has 2 rings (SSSR count). The van der Waals surface area contributed by atoms with Crippen LogP contribution >= 0.6 is 0 Å². The monoisotopic (exact) mass is 352 g/mol. The second kappa shape index (κ2) is 6.16. The van der Waals surface area contributed by atoms with Gasteiger partial charge >= 0.3 is 6.09 Å². The molecule has 24 heavy (non-hydrogen) atoms. The van der Waals surface area contributed by atoms with Crippen molar-refractivity contribution in [1.82, 2.24) is 9.89 Å². The molecule has 1 aromatic heterocycles. The number of nitrogens with two attached hydrogens (primary N) is 1. The molecule has 2 aromatic rings. The van der Waals surface area contributed by atoms with Crippen LogP contribution in [0.5, 0.6) is 0 Å². The Bertz CT molecular complexity index is 870. The summed E-state index contributed by atoms with van der Waals surface area (Å²) in [7, 11) is -3.84. The highest BCUT2D eigenvalue weighted by atomic mass is 32.2. The zero-order valence-corrected chi connectivity index (χ0v) is 14.7. The molecule has 9 heteroatoms. The molecule has 1 amide bonds. The van der Waals surface area contributed by atoms with Crippen molar-refractivity contribution in [2.75, 3.05) is 10.7 Å². The highest BCUT2D eigenvalue weighted by Crippen LogP contribution is 2.27. The van der Waals surface area contributed by atoms with E-state index < -0.39 is 22.0 Å². The molecule has 0 bridgehead atoms. The number of anilines is 1. The quantitative estimate of drug-likeness (QED) is 0.812. The van der Waals surface area contributed by atoms with Gasteiger partial charge in [0.1, 0.15) is 4.90 Å². The second-order valence-corrected chi connectivity index (χ2v) is 7.57. The van der Waals surface area contributed by atoms with Crippen molar-refractivity contribution in [1.29, 1.82) is 0 Å². The van der Waals surface area contributed by atoms with Crippen molar-refractivity contribution in [3.05, 3.63) is 35.7 Å². The number of carbonyl (C=O) groups is 1. The molecule has 0 aliphatic carbocycles. The Labute approximate surface area is 140 Å². The lowest BCUT2D eigenvalue weighted by Gasteiger charge is -2.24. The number of aromatic nitrogens is 2. The van der Waals surface area contributed by atoms with E-state index >= 15 is 0 Å². The fraction of sp³-hybridized carbons (Fsp3) is 0.333. The van der Waals surface area contributed by atoms with E-state index in [1.807, 2.05) is 0 Å². The number of benzene rings is 1. The lowest BCUT2D eigenvalue weighted by Crippen LogP contribution is -2.46. The van der Waals surface area contributed by atoms with Gasteiger partial charge in [-0.1, -0.05) is 0 Å². The van der Waals surface area contributed by atoms with Gasteiger partial charge < -0.3 is 10.8 Å². The number of amides is 1. The molecule has 0 aliphatic heterocycles. The summed E-state index contributed by atoms with van der Waals surface area (Å²) in [6.45, 7) is 6.42. The normalized spacial score (nSPS) is 11.7. The summed E-state index contributed by atoms with van der Waals surface area (Å²) in [6.07, 6.45) is -1.22. The molecular formula is C15H20N4O4S. The van der Waals surface area contributed by atoms with Gasteiger partial charge in [-0.3, -0.25) is 0 Å². The van der Waals surface area contributed by atoms with E-state index in [-0.39, 0.29) is 21.2 Å². The summed E-state index contributed by atoms with van der Waals surface area (Å²) in [5, 5.41) is 14.5. The number of nitrogen functional groups attached to an aromatic ring is 1. The van der Waals surface area contributed by atoms with Gasteiger partial charge in [-0.2, -0.15) is 14.9 Å². The predicted molar refractivity (Wildman–Crippen MR) is 89.4 cm³/mol. The summed E-state index contributed by atoms with van der Waals surface area (Å²) < 4.78 is 25.8. The van der Waals surface area contributed by atoms with Gasteiger partial charge in [-0.15, -0.1) is 0 Å². The molecule has 0 unspecified atom stereocenters. The fourth-order valence-corrected chi connectivity index (χ4v) is 4.13. The minimum Gasteiger partial charge on any atom is -0.464 e. The average molecular weight is 352 g/mol. The van der Waals surface area contributed by atoms with Gasteiger partial charge in [0.15, 0.2) is 0 Å². The second-order valence-electron chi connectivity index (χ2n) is 5.68. The van der Waals surface area contributed by atoms with E-state index in [9.17, 15) is 18.3 Å². The first-order valence-corrected chi connectivity index (χ1v) is 8.75. The molecule has 130 valence electrons. The topological polar surface area (TPSA) is 119 Å². The molecular weight excluding hydrogens is 332 g/mol. The van der Waals surface area contributed by atoms with Gasteiger partial charge in [-0.05, 0) is 52.0 Å². The highest BCUT2D eigenvalue weighted by Gasteiger charge is 2.30. The Morgan fingerprint density at radius 2 is 1.79 bits per heavy atom. The maximum Gasteiger partial charge on any atom is 0.428 e. The summed E-state index contributed by atoms with van der Waals surface area (Å²) in [5.41, 5.74) is 6.52. The fourth-order valence-electron chi connectivity index (χ4n) is 2.50. The lowest BCUT2D eigenvalue weighted by atomic mass is 10.3. The maximum atomic E-state index is 12.9. The van der Waals surface area contributed by atoms with Crippen LogP contribution in [0.3, 0.4) is 0 Å². The minimum atomic E-state index is -3.84. The lowest BCUT2D eigenvalue weighted by molar-refractivity contribution is 0.189. The third-order valence-electron chi connectivity index (χ3n) is 3.55. The molecule has 0 radical (unpaired) electrons. The standard InChI is InChI=1S/C15H20N4O4S/c1-9(2)18(15(20)21)19-11(4)14(10(3)17-19)24(22,23)13-7-5-12(16)6-8-13/h5-9H,16H2,1-4H3,(H,20,21). The van der Waals surface area contributed by atoms with Gasteiger partial charge in [0.05, 0.1) is 22.3 Å². The first-order chi connectivity index (χ1) is 11.1. The van der Waals surface area contributed by atoms with E-state index in [2.05, 4.69) is 5.10 Å². The number of sulfone groups is 1. The number of hydrogen-bond acceptors (Lipinski definition) is 5. The number of hydrogen-bond donors (Lipinski definition) is 2. The highest BCUT2D eigenvalue weighted by molar-refractivity contribution is 7.91. The third kappa shape index (κ3) is 2.94. The van der Waals surface area contributed by atoms with Crippen molar-refractivity contribution in [3.63, 3.8) is 0 Å². The van der Waals surface area contributed by atoms with Crippen molar-refractivity contribution < 1.29 is 18.3 Å². The Hall–Kier alpha value is -2.55. The molecule has 0 saturated heterocycles. The first kappa shape index (κ1) is 17.8. The smallest absolute Gasteiger partial charge is 0.428 e. The Morgan fingerprint density at radius 3 is 2.25 bits per heavy atom. The molecule has 0 spiro atoms. The van der Waals surface area contributed by atoms with Gasteiger partial charge in [0, 0.05) is 5.69 Å². The summed E-state index contributed by atoms with van der Waals surface area (Å²) in [6, 6.07) is 5.42. The van der Waals surface area contributed by atoms with Crippen LogP contribution in [0.2, 0.25) is 0 Å². The molecule has 1 aromatic carbocycles. The van der Waals surface area contributed by atoms with Crippen molar-refractivity contribution in [2.24, 2.45) is 0 Å². The Morgan fingerprint density at radius 1 is 1.25 bits per heavy atom. The molecule has 1 heterocycles. The number of carboxylic acid groups (broad SMARTS) is 1. The van der Waals surface area contributed by atoms with Gasteiger partial charge in [0.25, 0.3) is 0 Å². The number of aryl methyl sites for hydroxylation is 1. The molecule has 3 N–H and O–H groups in total. The Balaban J connectivity index is 2.64. The number of rotatable bonds is 4. The molecule has 0 saturated carbocycles. The van der Waals surface area contributed by atoms with E-state index in [1.165, 1.54) is 38.1 Å². The van der Waals surface area contributed by atoms with E-state index in [0.29, 0.717) is 5.69 Å². The molecule has 0 fully saturated rings. The largest absolute Gasteiger partial charge is 0.464 e. The minimum absolute atomic E-state index is 0.000767. The zero-order valence-electron chi connectivity index (χ0n) is 13.9. The Kier molecular flexibility index (Phi) is 4.57. The maximum absolute atomic E-state index is 12.9. The molecule has 0 atom stereocenters. The van der Waals surface area contributed by atoms with Crippen LogP contribution in [-0.4, -0.2) is 35.5 Å². The SMILES string of the molecule is Cc1nn(N(C(=O)O)C(C)C)c(C)c1S(=O)(=O)c1ccc(N)cc1. The van der Waals surface area contributed by atoms with Crippen molar-refractivity contribution >= 4 is 21.6 Å². The molecule has 0 aliphatic rings. The van der Waals surface area contributed by atoms with E-state index in [4.69, 9.17) is 5.73 Å². The third-order valence-corrected chi connectivity index (χ3v) is 5.57. The first-order valence-electron chi connectivity index (χ1n) is 7.26. The zero-order chi connectivity index (χ0) is 18.2. The van der Waals surface area contributed by atoms with Crippen molar-refractivity contribution in [2.45, 2.75) is 43.5 Å². The predicted octanol–water partition coefficient (Wildman–Crippen LogP) is 1.94. The van der Waals surface area contributed by atoms with E-state index in [0.717, 1.165) is 9.80 Å². The molecule has 8 nitrogen and oxygen atoms in total. The average Bonchev–Trinajstić information content (AvgIpc) is 2.74. The van der Waals surface area contributed by atoms with Gasteiger partial charge in [0.2, 0.25) is 9.84 Å². The van der Waals surface area contributed by atoms with Crippen LogP contribution in [0, 0.1) is 13.8 Å². The van der Waals surface area contributed by atoms with Crippen LogP contribution in [0.1, 0.15) is 25.2 Å². The van der Waals surface area contributed by atoms with Crippen LogP contribution in [-0.2, 0) is 9.84 Å². The van der Waals surface area contributed by atoms with Crippen LogP contribution in [0.4, 0.5) is 10.5 Å². The summed E-state index contributed by atoms with van der Waals surface area (Å²) in [4.78, 5) is 12.7. The van der Waals surface area contributed by atoms with E-state index in [1.54, 1.807) is 13.8 Å². The van der Waals surface area contributed by atoms with Crippen LogP contribution in [0.15, 0.2) is 34.1 Å². The van der Waals surface area contributed by atoms with Gasteiger partial charge in [-0.25, -0.2) is 13.2 Å². The summed E-state index contributed by atoms with van der Waals surface area (Å²) >= 11 is 0. The van der Waals surface area contributed by atoms with Crippen LogP contribution < -0.4 is 10.7 Å². The number of nitrogens with zero attached hydrogens (tertiary/aromatic N) is 3. The van der Waals surface area contributed by atoms with Crippen molar-refractivity contribution in [3.8, 4) is 0 Å². The summed E-state index contributed by atoms with van der Waals surface area (Å²) in [5.74, 6) is 0. The van der Waals surface area contributed by atoms with Crippen LogP contribution in [0.25, 0.3) is 0 Å².